The summed E-state index contributed by atoms with van der Waals surface area (Å²) in [4.78, 5) is 27.6. The van der Waals surface area contributed by atoms with Crippen LogP contribution in [-0.2, 0) is 21.4 Å². The summed E-state index contributed by atoms with van der Waals surface area (Å²) in [6, 6.07) is 17.3. The van der Waals surface area contributed by atoms with Gasteiger partial charge in [-0.25, -0.2) is 0 Å². The van der Waals surface area contributed by atoms with Crippen molar-refractivity contribution in [3.63, 3.8) is 0 Å². The molecule has 0 heterocycles. The third-order valence-corrected chi connectivity index (χ3v) is 5.38. The Morgan fingerprint density at radius 2 is 1.62 bits per heavy atom. The van der Waals surface area contributed by atoms with Gasteiger partial charge in [-0.2, -0.15) is 0 Å². The Hall–Kier alpha value is -2.82. The van der Waals surface area contributed by atoms with Crippen LogP contribution >= 0.6 is 0 Å². The first-order valence-corrected chi connectivity index (χ1v) is 11.5. The van der Waals surface area contributed by atoms with Crippen molar-refractivity contribution < 1.29 is 14.3 Å². The first-order valence-electron chi connectivity index (χ1n) is 11.5. The summed E-state index contributed by atoms with van der Waals surface area (Å²) < 4.78 is 5.80. The van der Waals surface area contributed by atoms with Gasteiger partial charge in [0.05, 0.1) is 0 Å². The standard InChI is InChI=1S/C27H38N2O3/c1-7-24(26(31)28-20(2)3)29(18-17-21-11-9-8-10-12-21)25(30)19-32-23-15-13-22(14-16-23)27(4,5)6/h8-16,20,24H,7,17-19H2,1-6H3,(H,28,31)/t24-/m0/s1. The van der Waals surface area contributed by atoms with Gasteiger partial charge in [-0.05, 0) is 55.4 Å². The molecule has 0 radical (unpaired) electrons. The fourth-order valence-electron chi connectivity index (χ4n) is 3.56. The van der Waals surface area contributed by atoms with Gasteiger partial charge < -0.3 is 15.0 Å². The van der Waals surface area contributed by atoms with E-state index in [0.29, 0.717) is 25.1 Å². The van der Waals surface area contributed by atoms with Crippen molar-refractivity contribution in [3.8, 4) is 5.75 Å². The molecule has 2 amide bonds. The molecule has 2 aromatic carbocycles. The molecule has 0 aliphatic heterocycles. The predicted octanol–water partition coefficient (Wildman–Crippen LogP) is 4.74. The number of rotatable bonds is 10. The second kappa shape index (κ2) is 11.7. The Balaban J connectivity index is 2.11. The third-order valence-electron chi connectivity index (χ3n) is 5.38. The summed E-state index contributed by atoms with van der Waals surface area (Å²) in [7, 11) is 0. The lowest BCUT2D eigenvalue weighted by molar-refractivity contribution is -0.142. The molecule has 174 valence electrons. The van der Waals surface area contributed by atoms with Gasteiger partial charge in [-0.3, -0.25) is 9.59 Å². The van der Waals surface area contributed by atoms with Crippen molar-refractivity contribution in [2.24, 2.45) is 0 Å². The van der Waals surface area contributed by atoms with E-state index in [0.717, 1.165) is 5.56 Å². The SMILES string of the molecule is CC[C@@H](C(=O)NC(C)C)N(CCc1ccccc1)C(=O)COc1ccc(C(C)(C)C)cc1. The van der Waals surface area contributed by atoms with Crippen LogP contribution in [0.3, 0.4) is 0 Å². The first kappa shape index (κ1) is 25.4. The van der Waals surface area contributed by atoms with Gasteiger partial charge in [-0.15, -0.1) is 0 Å². The van der Waals surface area contributed by atoms with Gasteiger partial charge in [0, 0.05) is 12.6 Å². The topological polar surface area (TPSA) is 58.6 Å². The zero-order valence-corrected chi connectivity index (χ0v) is 20.4. The molecule has 32 heavy (non-hydrogen) atoms. The molecule has 0 spiro atoms. The largest absolute Gasteiger partial charge is 0.484 e. The Bertz CT molecular complexity index is 855. The van der Waals surface area contributed by atoms with Gasteiger partial charge in [0.15, 0.2) is 6.61 Å². The van der Waals surface area contributed by atoms with Crippen molar-refractivity contribution in [1.29, 1.82) is 0 Å². The van der Waals surface area contributed by atoms with E-state index in [4.69, 9.17) is 4.74 Å². The lowest BCUT2D eigenvalue weighted by Crippen LogP contribution is -2.52. The van der Waals surface area contributed by atoms with Gasteiger partial charge in [0.25, 0.3) is 5.91 Å². The zero-order valence-electron chi connectivity index (χ0n) is 20.4. The van der Waals surface area contributed by atoms with Crippen LogP contribution in [-0.4, -0.2) is 41.9 Å². The molecular formula is C27H38N2O3. The lowest BCUT2D eigenvalue weighted by atomic mass is 9.87. The van der Waals surface area contributed by atoms with Crippen molar-refractivity contribution in [2.75, 3.05) is 13.2 Å². The average molecular weight is 439 g/mol. The van der Waals surface area contributed by atoms with Crippen molar-refractivity contribution in [1.82, 2.24) is 10.2 Å². The minimum absolute atomic E-state index is 0.0141. The highest BCUT2D eigenvalue weighted by atomic mass is 16.5. The molecule has 0 unspecified atom stereocenters. The molecule has 0 aromatic heterocycles. The van der Waals surface area contributed by atoms with Crippen LogP contribution in [0.25, 0.3) is 0 Å². The van der Waals surface area contributed by atoms with Crippen molar-refractivity contribution in [2.45, 2.75) is 71.9 Å². The zero-order chi connectivity index (χ0) is 23.7. The summed E-state index contributed by atoms with van der Waals surface area (Å²) in [6.45, 7) is 12.6. The van der Waals surface area contributed by atoms with Gasteiger partial charge in [0.2, 0.25) is 5.91 Å². The van der Waals surface area contributed by atoms with Crippen LogP contribution < -0.4 is 10.1 Å². The van der Waals surface area contributed by atoms with E-state index < -0.39 is 6.04 Å². The Morgan fingerprint density at radius 1 is 1.00 bits per heavy atom. The number of hydrogen-bond donors (Lipinski definition) is 1. The monoisotopic (exact) mass is 438 g/mol. The van der Waals surface area contributed by atoms with Crippen LogP contribution in [0.5, 0.6) is 5.75 Å². The summed E-state index contributed by atoms with van der Waals surface area (Å²) in [6.07, 6.45) is 1.22. The molecule has 2 aromatic rings. The predicted molar refractivity (Wildman–Crippen MR) is 130 cm³/mol. The molecule has 2 rings (SSSR count). The molecule has 0 bridgehead atoms. The summed E-state index contributed by atoms with van der Waals surface area (Å²) in [5.41, 5.74) is 2.39. The average Bonchev–Trinajstić information content (AvgIpc) is 2.74. The maximum Gasteiger partial charge on any atom is 0.261 e. The first-order chi connectivity index (χ1) is 15.1. The highest BCUT2D eigenvalue weighted by Gasteiger charge is 2.29. The summed E-state index contributed by atoms with van der Waals surface area (Å²) in [5.74, 6) is 0.332. The number of amides is 2. The molecule has 5 heteroatoms. The van der Waals surface area contributed by atoms with Gasteiger partial charge in [0.1, 0.15) is 11.8 Å². The van der Waals surface area contributed by atoms with Gasteiger partial charge >= 0.3 is 0 Å². The highest BCUT2D eigenvalue weighted by Crippen LogP contribution is 2.24. The fraction of sp³-hybridized carbons (Fsp3) is 0.481. The summed E-state index contributed by atoms with van der Waals surface area (Å²) >= 11 is 0. The van der Waals surface area contributed by atoms with Gasteiger partial charge in [-0.1, -0.05) is 70.2 Å². The smallest absolute Gasteiger partial charge is 0.261 e. The van der Waals surface area contributed by atoms with E-state index in [1.165, 1.54) is 5.56 Å². The van der Waals surface area contributed by atoms with Crippen molar-refractivity contribution in [3.05, 3.63) is 65.7 Å². The lowest BCUT2D eigenvalue weighted by Gasteiger charge is -2.31. The molecule has 1 atom stereocenters. The van der Waals surface area contributed by atoms with Crippen LogP contribution in [0.15, 0.2) is 54.6 Å². The van der Waals surface area contributed by atoms with E-state index in [-0.39, 0.29) is 29.9 Å². The quantitative estimate of drug-likeness (QED) is 0.583. The Morgan fingerprint density at radius 3 is 2.16 bits per heavy atom. The third kappa shape index (κ3) is 7.70. The highest BCUT2D eigenvalue weighted by molar-refractivity contribution is 5.88. The molecule has 0 fully saturated rings. The van der Waals surface area contributed by atoms with E-state index >= 15 is 0 Å². The van der Waals surface area contributed by atoms with E-state index in [2.05, 4.69) is 26.1 Å². The van der Waals surface area contributed by atoms with Crippen LogP contribution in [0.4, 0.5) is 0 Å². The number of nitrogens with zero attached hydrogens (tertiary/aromatic N) is 1. The second-order valence-electron chi connectivity index (χ2n) is 9.47. The number of ether oxygens (including phenoxy) is 1. The maximum absolute atomic E-state index is 13.2. The van der Waals surface area contributed by atoms with Crippen LogP contribution in [0, 0.1) is 0 Å². The molecular weight excluding hydrogens is 400 g/mol. The second-order valence-corrected chi connectivity index (χ2v) is 9.47. The van der Waals surface area contributed by atoms with Crippen LogP contribution in [0.2, 0.25) is 0 Å². The minimum atomic E-state index is -0.527. The van der Waals surface area contributed by atoms with E-state index in [1.807, 2.05) is 75.4 Å². The summed E-state index contributed by atoms with van der Waals surface area (Å²) in [5, 5.41) is 2.95. The molecule has 0 saturated carbocycles. The number of hydrogen-bond acceptors (Lipinski definition) is 3. The number of benzene rings is 2. The number of carbonyl (C=O) groups is 2. The molecule has 1 N–H and O–H groups in total. The van der Waals surface area contributed by atoms with Crippen molar-refractivity contribution >= 4 is 11.8 Å². The Kier molecular flexibility index (Phi) is 9.30. The van der Waals surface area contributed by atoms with Crippen LogP contribution in [0.1, 0.15) is 59.1 Å². The Labute approximate surface area is 193 Å². The molecule has 0 aliphatic rings. The fourth-order valence-corrected chi connectivity index (χ4v) is 3.56. The normalized spacial score (nSPS) is 12.3. The van der Waals surface area contributed by atoms with E-state index in [9.17, 15) is 9.59 Å². The molecule has 0 aliphatic carbocycles. The number of nitrogens with one attached hydrogen (secondary N) is 1. The van der Waals surface area contributed by atoms with E-state index in [1.54, 1.807) is 4.90 Å². The minimum Gasteiger partial charge on any atom is -0.484 e. The maximum atomic E-state index is 13.2. The molecule has 0 saturated heterocycles. The number of carbonyl (C=O) groups excluding carboxylic acids is 2. The molecule has 5 nitrogen and oxygen atoms in total.